The third-order valence-electron chi connectivity index (χ3n) is 5.13. The lowest BCUT2D eigenvalue weighted by Crippen LogP contribution is -2.32. The first-order valence-electron chi connectivity index (χ1n) is 10.4. The Morgan fingerprint density at radius 3 is 2.55 bits per heavy atom. The average Bonchev–Trinajstić information content (AvgIpc) is 3.27. The fraction of sp³-hybridized carbons (Fsp3) is 0.160. The van der Waals surface area contributed by atoms with Crippen molar-refractivity contribution in [2.45, 2.75) is 19.4 Å². The average molecular weight is 464 g/mol. The van der Waals surface area contributed by atoms with Gasteiger partial charge in [0, 0.05) is 5.56 Å². The maximum atomic E-state index is 12.8. The van der Waals surface area contributed by atoms with Crippen LogP contribution in [0.1, 0.15) is 23.7 Å². The van der Waals surface area contributed by atoms with Crippen LogP contribution in [0.2, 0.25) is 5.02 Å². The number of aromatic amines is 1. The van der Waals surface area contributed by atoms with Gasteiger partial charge in [-0.25, -0.2) is 9.78 Å². The first-order valence-corrected chi connectivity index (χ1v) is 10.8. The van der Waals surface area contributed by atoms with E-state index in [0.717, 1.165) is 11.3 Å². The maximum absolute atomic E-state index is 12.8. The van der Waals surface area contributed by atoms with Crippen molar-refractivity contribution in [1.82, 2.24) is 9.97 Å². The predicted octanol–water partition coefficient (Wildman–Crippen LogP) is 5.47. The molecule has 7 nitrogen and oxygen atoms in total. The Morgan fingerprint density at radius 2 is 1.85 bits per heavy atom. The highest BCUT2D eigenvalue weighted by molar-refractivity contribution is 6.33. The fourth-order valence-electron chi connectivity index (χ4n) is 3.32. The Kier molecular flexibility index (Phi) is 6.60. The molecule has 0 aliphatic rings. The topological polar surface area (TPSA) is 93.3 Å². The summed E-state index contributed by atoms with van der Waals surface area (Å²) in [6.45, 7) is 1.77. The van der Waals surface area contributed by atoms with E-state index in [-0.39, 0.29) is 0 Å². The Balaban J connectivity index is 1.49. The van der Waals surface area contributed by atoms with Gasteiger partial charge < -0.3 is 19.8 Å². The number of benzene rings is 3. The quantitative estimate of drug-likeness (QED) is 0.355. The third kappa shape index (κ3) is 4.99. The summed E-state index contributed by atoms with van der Waals surface area (Å²) in [5.74, 6) is 0.384. The van der Waals surface area contributed by atoms with E-state index >= 15 is 0 Å². The smallest absolute Gasteiger partial charge is 0.338 e. The van der Waals surface area contributed by atoms with Crippen LogP contribution in [-0.4, -0.2) is 35.1 Å². The van der Waals surface area contributed by atoms with E-state index in [1.807, 2.05) is 24.3 Å². The van der Waals surface area contributed by atoms with E-state index < -0.39 is 18.0 Å². The van der Waals surface area contributed by atoms with E-state index in [0.29, 0.717) is 39.6 Å². The predicted molar refractivity (Wildman–Crippen MR) is 128 cm³/mol. The van der Waals surface area contributed by atoms with Crippen LogP contribution in [0.3, 0.4) is 0 Å². The molecule has 4 aromatic rings. The second-order valence-corrected chi connectivity index (χ2v) is 7.72. The Labute approximate surface area is 195 Å². The fourth-order valence-corrected chi connectivity index (χ4v) is 3.50. The molecule has 0 fully saturated rings. The number of methoxy groups -OCH3 is 1. The van der Waals surface area contributed by atoms with Gasteiger partial charge in [-0.3, -0.25) is 4.79 Å². The Morgan fingerprint density at radius 1 is 1.09 bits per heavy atom. The first kappa shape index (κ1) is 22.4. The van der Waals surface area contributed by atoms with E-state index in [4.69, 9.17) is 21.1 Å². The molecule has 0 radical (unpaired) electrons. The van der Waals surface area contributed by atoms with Crippen LogP contribution >= 0.6 is 11.6 Å². The number of hydrogen-bond acceptors (Lipinski definition) is 5. The third-order valence-corrected chi connectivity index (χ3v) is 5.45. The number of aromatic nitrogens is 2. The molecule has 1 atom stereocenters. The van der Waals surface area contributed by atoms with Crippen molar-refractivity contribution >= 4 is 40.2 Å². The summed E-state index contributed by atoms with van der Waals surface area (Å²) in [4.78, 5) is 33.2. The summed E-state index contributed by atoms with van der Waals surface area (Å²) in [5.41, 5.74) is 3.06. The van der Waals surface area contributed by atoms with Crippen LogP contribution in [0.5, 0.6) is 5.75 Å². The number of hydrogen-bond donors (Lipinski definition) is 2. The molecule has 4 rings (SSSR count). The Hall–Kier alpha value is -3.84. The number of esters is 1. The van der Waals surface area contributed by atoms with E-state index in [9.17, 15) is 9.59 Å². The van der Waals surface area contributed by atoms with Crippen LogP contribution < -0.4 is 10.1 Å². The molecule has 0 saturated carbocycles. The SMILES string of the molecule is CCC(OC(=O)c1ccc2nc(-c3ccc(OC)cc3)[nH]c2c1)C(=O)Nc1ccccc1Cl. The molecule has 0 spiro atoms. The monoisotopic (exact) mass is 463 g/mol. The van der Waals surface area contributed by atoms with Gasteiger partial charge in [0.1, 0.15) is 11.6 Å². The number of fused-ring (bicyclic) bond motifs is 1. The van der Waals surface area contributed by atoms with Crippen molar-refractivity contribution in [1.29, 1.82) is 0 Å². The summed E-state index contributed by atoms with van der Waals surface area (Å²) >= 11 is 6.10. The number of amides is 1. The number of carbonyl (C=O) groups excluding carboxylic acids is 2. The minimum Gasteiger partial charge on any atom is -0.497 e. The molecule has 0 aliphatic heterocycles. The molecule has 3 aromatic carbocycles. The molecule has 168 valence electrons. The Bertz CT molecular complexity index is 1300. The van der Waals surface area contributed by atoms with E-state index in [1.54, 1.807) is 56.5 Å². The van der Waals surface area contributed by atoms with Gasteiger partial charge >= 0.3 is 5.97 Å². The van der Waals surface area contributed by atoms with Crippen molar-refractivity contribution in [3.8, 4) is 17.1 Å². The van der Waals surface area contributed by atoms with Crippen molar-refractivity contribution in [3.05, 3.63) is 77.3 Å². The van der Waals surface area contributed by atoms with Crippen molar-refractivity contribution in [3.63, 3.8) is 0 Å². The first-order chi connectivity index (χ1) is 16.0. The lowest BCUT2D eigenvalue weighted by molar-refractivity contribution is -0.124. The van der Waals surface area contributed by atoms with E-state index in [2.05, 4.69) is 15.3 Å². The molecule has 1 heterocycles. The summed E-state index contributed by atoms with van der Waals surface area (Å²) in [6.07, 6.45) is -0.642. The minimum atomic E-state index is -0.957. The lowest BCUT2D eigenvalue weighted by Gasteiger charge is -2.16. The number of carbonyl (C=O) groups is 2. The van der Waals surface area contributed by atoms with Crippen LogP contribution in [-0.2, 0) is 9.53 Å². The second kappa shape index (κ2) is 9.75. The molecular formula is C25H22ClN3O4. The number of rotatable bonds is 7. The number of halogens is 1. The number of imidazole rings is 1. The number of H-pyrrole nitrogens is 1. The molecular weight excluding hydrogens is 442 g/mol. The zero-order chi connectivity index (χ0) is 23.4. The zero-order valence-electron chi connectivity index (χ0n) is 18.1. The van der Waals surface area contributed by atoms with Gasteiger partial charge in [-0.1, -0.05) is 30.7 Å². The standard InChI is InChI=1S/C25H22ClN3O4/c1-3-22(24(30)29-19-7-5-4-6-18(19)26)33-25(31)16-10-13-20-21(14-16)28-23(27-20)15-8-11-17(32-2)12-9-15/h4-14,22H,3H2,1-2H3,(H,27,28)(H,29,30). The summed E-state index contributed by atoms with van der Waals surface area (Å²) in [7, 11) is 1.61. The maximum Gasteiger partial charge on any atom is 0.338 e. The van der Waals surface area contributed by atoms with Crippen molar-refractivity contribution in [2.75, 3.05) is 12.4 Å². The van der Waals surface area contributed by atoms with Crippen molar-refractivity contribution in [2.24, 2.45) is 0 Å². The molecule has 1 aromatic heterocycles. The second-order valence-electron chi connectivity index (χ2n) is 7.32. The number of nitrogens with zero attached hydrogens (tertiary/aromatic N) is 1. The molecule has 0 saturated heterocycles. The van der Waals surface area contributed by atoms with Crippen LogP contribution in [0.15, 0.2) is 66.7 Å². The summed E-state index contributed by atoms with van der Waals surface area (Å²) in [5, 5.41) is 3.11. The molecule has 1 amide bonds. The van der Waals surface area contributed by atoms with Crippen LogP contribution in [0, 0.1) is 0 Å². The zero-order valence-corrected chi connectivity index (χ0v) is 18.8. The van der Waals surface area contributed by atoms with Gasteiger partial charge in [0.05, 0.1) is 34.4 Å². The van der Waals surface area contributed by atoms with Crippen molar-refractivity contribution < 1.29 is 19.1 Å². The van der Waals surface area contributed by atoms with Gasteiger partial charge in [-0.2, -0.15) is 0 Å². The van der Waals surface area contributed by atoms with Crippen LogP contribution in [0.25, 0.3) is 22.4 Å². The summed E-state index contributed by atoms with van der Waals surface area (Å²) < 4.78 is 10.7. The van der Waals surface area contributed by atoms with E-state index in [1.165, 1.54) is 0 Å². The highest BCUT2D eigenvalue weighted by Crippen LogP contribution is 2.24. The largest absolute Gasteiger partial charge is 0.497 e. The lowest BCUT2D eigenvalue weighted by atomic mass is 10.2. The molecule has 33 heavy (non-hydrogen) atoms. The van der Waals surface area contributed by atoms with Gasteiger partial charge in [0.15, 0.2) is 6.10 Å². The highest BCUT2D eigenvalue weighted by Gasteiger charge is 2.23. The molecule has 0 aliphatic carbocycles. The van der Waals surface area contributed by atoms with Crippen LogP contribution in [0.4, 0.5) is 5.69 Å². The normalized spacial score (nSPS) is 11.7. The highest BCUT2D eigenvalue weighted by atomic mass is 35.5. The number of anilines is 1. The molecule has 1 unspecified atom stereocenters. The molecule has 8 heteroatoms. The molecule has 0 bridgehead atoms. The number of ether oxygens (including phenoxy) is 2. The molecule has 2 N–H and O–H groups in total. The summed E-state index contributed by atoms with van der Waals surface area (Å²) in [6, 6.07) is 19.4. The van der Waals surface area contributed by atoms with Gasteiger partial charge in [-0.05, 0) is 61.0 Å². The van der Waals surface area contributed by atoms with Gasteiger partial charge in [0.25, 0.3) is 5.91 Å². The minimum absolute atomic E-state index is 0.315. The van der Waals surface area contributed by atoms with Gasteiger partial charge in [-0.15, -0.1) is 0 Å². The number of para-hydroxylation sites is 1. The van der Waals surface area contributed by atoms with Gasteiger partial charge in [0.2, 0.25) is 0 Å². The number of nitrogens with one attached hydrogen (secondary N) is 2.